The first-order chi connectivity index (χ1) is 11.6. The molecular formula is C20H23NO3. The molecule has 0 aliphatic heterocycles. The van der Waals surface area contributed by atoms with Gasteiger partial charge >= 0.3 is 5.97 Å². The maximum Gasteiger partial charge on any atom is 0.337 e. The third kappa shape index (κ3) is 2.40. The van der Waals surface area contributed by atoms with Crippen LogP contribution in [0.1, 0.15) is 53.4 Å². The number of methoxy groups -OCH3 is 1. The number of aliphatic hydroxyl groups is 1. The Hall–Kier alpha value is -1.94. The van der Waals surface area contributed by atoms with E-state index in [1.165, 1.54) is 31.9 Å². The van der Waals surface area contributed by atoms with E-state index >= 15 is 0 Å². The molecule has 1 aromatic heterocycles. The van der Waals surface area contributed by atoms with Gasteiger partial charge in [0.1, 0.15) is 0 Å². The number of hydrogen-bond acceptors (Lipinski definition) is 4. The number of aryl methyl sites for hydroxylation is 1. The molecule has 2 aliphatic carbocycles. The zero-order valence-electron chi connectivity index (χ0n) is 14.3. The molecule has 0 amide bonds. The summed E-state index contributed by atoms with van der Waals surface area (Å²) in [5.41, 5.74) is 5.10. The van der Waals surface area contributed by atoms with Crippen LogP contribution < -0.4 is 0 Å². The molecule has 0 radical (unpaired) electrons. The number of ether oxygens (including phenoxy) is 1. The number of nitrogens with zero attached hydrogens (tertiary/aromatic N) is 1. The molecule has 1 unspecified atom stereocenters. The summed E-state index contributed by atoms with van der Waals surface area (Å²) in [6, 6.07) is 5.41. The van der Waals surface area contributed by atoms with Gasteiger partial charge in [-0.15, -0.1) is 0 Å². The van der Waals surface area contributed by atoms with Crippen LogP contribution in [-0.2, 0) is 24.2 Å². The van der Waals surface area contributed by atoms with Crippen LogP contribution in [0.25, 0.3) is 10.9 Å². The Bertz CT molecular complexity index is 823. The Morgan fingerprint density at radius 2 is 2.21 bits per heavy atom. The predicted molar refractivity (Wildman–Crippen MR) is 91.9 cm³/mol. The van der Waals surface area contributed by atoms with Crippen molar-refractivity contribution in [1.29, 1.82) is 0 Å². The summed E-state index contributed by atoms with van der Waals surface area (Å²) in [6.45, 7) is 2.36. The van der Waals surface area contributed by atoms with Gasteiger partial charge in [-0.2, -0.15) is 0 Å². The molecule has 24 heavy (non-hydrogen) atoms. The predicted octanol–water partition coefficient (Wildman–Crippen LogP) is 3.42. The van der Waals surface area contributed by atoms with Crippen LogP contribution in [0, 0.1) is 11.3 Å². The molecule has 4 nitrogen and oxygen atoms in total. The van der Waals surface area contributed by atoms with Gasteiger partial charge in [-0.3, -0.25) is 4.98 Å². The van der Waals surface area contributed by atoms with E-state index in [1.54, 1.807) is 6.07 Å². The quantitative estimate of drug-likeness (QED) is 0.879. The van der Waals surface area contributed by atoms with Crippen molar-refractivity contribution in [3.05, 3.63) is 40.6 Å². The van der Waals surface area contributed by atoms with Crippen LogP contribution in [0.5, 0.6) is 0 Å². The van der Waals surface area contributed by atoms with Crippen molar-refractivity contribution < 1.29 is 14.6 Å². The molecule has 4 rings (SSSR count). The Kier molecular flexibility index (Phi) is 3.61. The largest absolute Gasteiger partial charge is 0.465 e. The van der Waals surface area contributed by atoms with Gasteiger partial charge in [-0.25, -0.2) is 4.79 Å². The number of carbonyl (C=O) groups is 1. The fourth-order valence-electron chi connectivity index (χ4n) is 4.16. The van der Waals surface area contributed by atoms with Crippen LogP contribution in [-0.4, -0.2) is 23.2 Å². The maximum absolute atomic E-state index is 11.8. The van der Waals surface area contributed by atoms with E-state index in [-0.39, 0.29) is 12.6 Å². The maximum atomic E-state index is 11.8. The van der Waals surface area contributed by atoms with Gasteiger partial charge in [0.25, 0.3) is 0 Å². The Morgan fingerprint density at radius 3 is 2.88 bits per heavy atom. The average Bonchev–Trinajstić information content (AvgIpc) is 3.36. The number of aliphatic hydroxyl groups excluding tert-OH is 1. The molecule has 2 aromatic rings. The molecule has 0 spiro atoms. The van der Waals surface area contributed by atoms with E-state index in [2.05, 4.69) is 6.92 Å². The number of carbonyl (C=O) groups excluding carboxylic acids is 1. The third-order valence-electron chi connectivity index (χ3n) is 6.07. The highest BCUT2D eigenvalue weighted by Gasteiger charge is 2.45. The minimum Gasteiger partial charge on any atom is -0.465 e. The first kappa shape index (κ1) is 15.6. The molecule has 1 N–H and O–H groups in total. The summed E-state index contributed by atoms with van der Waals surface area (Å²) >= 11 is 0. The van der Waals surface area contributed by atoms with Gasteiger partial charge in [0.2, 0.25) is 0 Å². The fraction of sp³-hybridized carbons (Fsp3) is 0.500. The number of fused-ring (bicyclic) bond motifs is 2. The first-order valence-electron chi connectivity index (χ1n) is 8.69. The molecule has 126 valence electrons. The highest BCUT2D eigenvalue weighted by Crippen LogP contribution is 2.55. The lowest BCUT2D eigenvalue weighted by Crippen LogP contribution is -2.24. The molecule has 1 fully saturated rings. The highest BCUT2D eigenvalue weighted by molar-refractivity contribution is 5.95. The topological polar surface area (TPSA) is 59.4 Å². The van der Waals surface area contributed by atoms with Gasteiger partial charge in [-0.05, 0) is 72.8 Å². The first-order valence-corrected chi connectivity index (χ1v) is 8.69. The van der Waals surface area contributed by atoms with Crippen molar-refractivity contribution in [2.24, 2.45) is 11.3 Å². The average molecular weight is 325 g/mol. The zero-order valence-corrected chi connectivity index (χ0v) is 14.3. The smallest absolute Gasteiger partial charge is 0.337 e. The summed E-state index contributed by atoms with van der Waals surface area (Å²) in [5, 5.41) is 10.9. The Balaban J connectivity index is 1.84. The highest BCUT2D eigenvalue weighted by atomic mass is 16.5. The number of esters is 1. The van der Waals surface area contributed by atoms with Crippen molar-refractivity contribution in [3.8, 4) is 0 Å². The van der Waals surface area contributed by atoms with Gasteiger partial charge in [0.05, 0.1) is 24.8 Å². The van der Waals surface area contributed by atoms with Gasteiger partial charge < -0.3 is 9.84 Å². The minimum atomic E-state index is -0.359. The van der Waals surface area contributed by atoms with E-state index in [1.807, 2.05) is 12.1 Å². The van der Waals surface area contributed by atoms with Crippen LogP contribution in [0.2, 0.25) is 0 Å². The summed E-state index contributed by atoms with van der Waals surface area (Å²) < 4.78 is 4.82. The van der Waals surface area contributed by atoms with E-state index < -0.39 is 0 Å². The molecule has 4 heteroatoms. The van der Waals surface area contributed by atoms with Crippen LogP contribution >= 0.6 is 0 Å². The molecule has 0 bridgehead atoms. The van der Waals surface area contributed by atoms with Crippen molar-refractivity contribution in [2.45, 2.75) is 45.6 Å². The van der Waals surface area contributed by atoms with E-state index in [9.17, 15) is 9.90 Å². The number of hydrogen-bond donors (Lipinski definition) is 1. The van der Waals surface area contributed by atoms with Crippen molar-refractivity contribution in [3.63, 3.8) is 0 Å². The standard InChI is InChI=1S/C20H23NO3/c1-20(7-8-20)13-4-6-18-15(10-13)16(11-22)14-9-12(19(23)24-2)3-5-17(14)21-18/h3,5,9,13,22H,4,6-8,10-11H2,1-2H3. The zero-order chi connectivity index (χ0) is 16.9. The summed E-state index contributed by atoms with van der Waals surface area (Å²) in [4.78, 5) is 16.7. The van der Waals surface area contributed by atoms with Crippen molar-refractivity contribution >= 4 is 16.9 Å². The van der Waals surface area contributed by atoms with Gasteiger partial charge in [-0.1, -0.05) is 6.92 Å². The lowest BCUT2D eigenvalue weighted by molar-refractivity contribution is 0.0601. The van der Waals surface area contributed by atoms with Crippen LogP contribution in [0.3, 0.4) is 0 Å². The molecular weight excluding hydrogens is 302 g/mol. The SMILES string of the molecule is COC(=O)c1ccc2nc3c(c(CO)c2c1)CC(C1(C)CC1)CC3. The van der Waals surface area contributed by atoms with Crippen molar-refractivity contribution in [2.75, 3.05) is 7.11 Å². The van der Waals surface area contributed by atoms with E-state index in [0.29, 0.717) is 16.9 Å². The summed E-state index contributed by atoms with van der Waals surface area (Å²) in [5.74, 6) is 0.320. The van der Waals surface area contributed by atoms with Gasteiger partial charge in [0, 0.05) is 11.1 Å². The second-order valence-electron chi connectivity index (χ2n) is 7.49. The molecule has 1 heterocycles. The molecule has 0 saturated heterocycles. The van der Waals surface area contributed by atoms with Crippen molar-refractivity contribution in [1.82, 2.24) is 4.98 Å². The van der Waals surface area contributed by atoms with Gasteiger partial charge in [0.15, 0.2) is 0 Å². The Labute approximate surface area is 141 Å². The molecule has 1 aromatic carbocycles. The number of aromatic nitrogens is 1. The van der Waals surface area contributed by atoms with Crippen LogP contribution in [0.15, 0.2) is 18.2 Å². The number of rotatable bonds is 3. The fourth-order valence-corrected chi connectivity index (χ4v) is 4.16. The summed E-state index contributed by atoms with van der Waals surface area (Å²) in [6.07, 6.45) is 5.79. The second kappa shape index (κ2) is 5.55. The number of benzene rings is 1. The third-order valence-corrected chi connectivity index (χ3v) is 6.07. The lowest BCUT2D eigenvalue weighted by Gasteiger charge is -2.30. The Morgan fingerprint density at radius 1 is 1.42 bits per heavy atom. The second-order valence-corrected chi connectivity index (χ2v) is 7.49. The normalized spacial score (nSPS) is 21.4. The van der Waals surface area contributed by atoms with E-state index in [0.717, 1.165) is 35.0 Å². The number of pyridine rings is 1. The van der Waals surface area contributed by atoms with Crippen LogP contribution in [0.4, 0.5) is 0 Å². The lowest BCUT2D eigenvalue weighted by atomic mass is 9.75. The summed E-state index contributed by atoms with van der Waals surface area (Å²) in [7, 11) is 1.38. The molecule has 2 aliphatic rings. The van der Waals surface area contributed by atoms with E-state index in [4.69, 9.17) is 9.72 Å². The molecule has 1 atom stereocenters. The monoisotopic (exact) mass is 325 g/mol. The minimum absolute atomic E-state index is 0.0184. The molecule has 1 saturated carbocycles.